The molecule has 3 heteroatoms. The molecule has 146 valence electrons. The predicted molar refractivity (Wildman–Crippen MR) is 110 cm³/mol. The maximum absolute atomic E-state index is 9.75. The lowest BCUT2D eigenvalue weighted by atomic mass is 10.1. The summed E-state index contributed by atoms with van der Waals surface area (Å²) in [5.41, 5.74) is -0.640. The van der Waals surface area contributed by atoms with Crippen LogP contribution in [0.15, 0.2) is 0 Å². The van der Waals surface area contributed by atoms with E-state index in [1.165, 1.54) is 83.5 Å². The van der Waals surface area contributed by atoms with Crippen LogP contribution in [0.3, 0.4) is 0 Å². The molecule has 0 aromatic heterocycles. The van der Waals surface area contributed by atoms with Crippen LogP contribution >= 0.6 is 12.6 Å². The molecule has 24 heavy (non-hydrogen) atoms. The Morgan fingerprint density at radius 1 is 0.667 bits per heavy atom. The third-order valence-electron chi connectivity index (χ3n) is 4.75. The Morgan fingerprint density at radius 3 is 1.54 bits per heavy atom. The largest absolute Gasteiger partial charge is 0.380 e. The molecule has 0 spiro atoms. The highest BCUT2D eigenvalue weighted by atomic mass is 32.1. The average Bonchev–Trinajstić information content (AvgIpc) is 2.57. The summed E-state index contributed by atoms with van der Waals surface area (Å²) in [4.78, 5) is 0. The van der Waals surface area contributed by atoms with Gasteiger partial charge in [0.2, 0.25) is 0 Å². The van der Waals surface area contributed by atoms with Gasteiger partial charge in [0, 0.05) is 6.61 Å². The molecule has 2 atom stereocenters. The van der Waals surface area contributed by atoms with Gasteiger partial charge in [0.05, 0.1) is 6.10 Å². The molecule has 0 aliphatic carbocycles. The zero-order valence-electron chi connectivity index (χ0n) is 16.5. The lowest BCUT2D eigenvalue weighted by Crippen LogP contribution is -2.25. The zero-order chi connectivity index (χ0) is 17.9. The van der Waals surface area contributed by atoms with Crippen molar-refractivity contribution in [2.24, 2.45) is 0 Å². The van der Waals surface area contributed by atoms with E-state index in [0.29, 0.717) is 0 Å². The Labute approximate surface area is 157 Å². The molecule has 0 aliphatic rings. The van der Waals surface area contributed by atoms with Gasteiger partial charge in [-0.05, 0) is 12.8 Å². The Hall–Kier alpha value is 0.270. The van der Waals surface area contributed by atoms with Crippen LogP contribution in [0.2, 0.25) is 0 Å². The normalized spacial score (nSPS) is 14.0. The van der Waals surface area contributed by atoms with Crippen LogP contribution in [-0.4, -0.2) is 23.3 Å². The third kappa shape index (κ3) is 17.1. The summed E-state index contributed by atoms with van der Waals surface area (Å²) in [6.07, 6.45) is 20.4. The van der Waals surface area contributed by atoms with Crippen molar-refractivity contribution in [3.05, 3.63) is 0 Å². The SMILES string of the molecule is CCCCCCCCCCOC(CCCCCCCCC)C(O)S. The van der Waals surface area contributed by atoms with Gasteiger partial charge in [-0.3, -0.25) is 0 Å². The fraction of sp³-hybridized carbons (Fsp3) is 1.00. The van der Waals surface area contributed by atoms with E-state index < -0.39 is 5.44 Å². The molecule has 0 saturated heterocycles. The van der Waals surface area contributed by atoms with E-state index in [1.54, 1.807) is 0 Å². The Bertz CT molecular complexity index is 234. The molecular formula is C21H44O2S. The van der Waals surface area contributed by atoms with E-state index in [2.05, 4.69) is 26.5 Å². The molecule has 2 nitrogen and oxygen atoms in total. The van der Waals surface area contributed by atoms with E-state index in [4.69, 9.17) is 4.74 Å². The average molecular weight is 361 g/mol. The van der Waals surface area contributed by atoms with E-state index in [0.717, 1.165) is 25.9 Å². The van der Waals surface area contributed by atoms with Gasteiger partial charge in [0.1, 0.15) is 5.44 Å². The highest BCUT2D eigenvalue weighted by Gasteiger charge is 2.15. The van der Waals surface area contributed by atoms with Gasteiger partial charge in [-0.1, -0.05) is 104 Å². The van der Waals surface area contributed by atoms with Crippen LogP contribution in [0.25, 0.3) is 0 Å². The molecule has 2 unspecified atom stereocenters. The smallest absolute Gasteiger partial charge is 0.123 e. The quantitative estimate of drug-likeness (QED) is 0.149. The van der Waals surface area contributed by atoms with Crippen LogP contribution in [0.5, 0.6) is 0 Å². The second-order valence-electron chi connectivity index (χ2n) is 7.21. The lowest BCUT2D eigenvalue weighted by Gasteiger charge is -2.20. The number of hydrogen-bond donors (Lipinski definition) is 2. The van der Waals surface area contributed by atoms with Crippen LogP contribution in [0.1, 0.15) is 117 Å². The highest BCUT2D eigenvalue weighted by molar-refractivity contribution is 7.80. The van der Waals surface area contributed by atoms with Crippen molar-refractivity contribution >= 4 is 12.6 Å². The minimum absolute atomic E-state index is 0.0893. The fourth-order valence-corrected chi connectivity index (χ4v) is 3.33. The van der Waals surface area contributed by atoms with Crippen molar-refractivity contribution in [3.8, 4) is 0 Å². The Balaban J connectivity index is 3.46. The molecule has 0 amide bonds. The van der Waals surface area contributed by atoms with E-state index >= 15 is 0 Å². The zero-order valence-corrected chi connectivity index (χ0v) is 17.4. The maximum Gasteiger partial charge on any atom is 0.123 e. The van der Waals surface area contributed by atoms with Gasteiger partial charge in [-0.2, -0.15) is 0 Å². The van der Waals surface area contributed by atoms with Gasteiger partial charge in [0.25, 0.3) is 0 Å². The highest BCUT2D eigenvalue weighted by Crippen LogP contribution is 2.16. The number of rotatable bonds is 19. The van der Waals surface area contributed by atoms with Crippen molar-refractivity contribution in [3.63, 3.8) is 0 Å². The molecule has 0 saturated carbocycles. The first-order valence-corrected chi connectivity index (χ1v) is 11.2. The molecular weight excluding hydrogens is 316 g/mol. The van der Waals surface area contributed by atoms with E-state index in [-0.39, 0.29) is 6.10 Å². The minimum atomic E-state index is -0.640. The fourth-order valence-electron chi connectivity index (χ4n) is 3.09. The van der Waals surface area contributed by atoms with Crippen LogP contribution < -0.4 is 0 Å². The number of hydrogen-bond acceptors (Lipinski definition) is 3. The topological polar surface area (TPSA) is 29.5 Å². The number of thiol groups is 1. The summed E-state index contributed by atoms with van der Waals surface area (Å²) < 4.78 is 5.87. The summed E-state index contributed by atoms with van der Waals surface area (Å²) in [6.45, 7) is 5.28. The van der Waals surface area contributed by atoms with Gasteiger partial charge in [-0.25, -0.2) is 0 Å². The molecule has 0 aromatic rings. The summed E-state index contributed by atoms with van der Waals surface area (Å²) >= 11 is 4.19. The predicted octanol–water partition coefficient (Wildman–Crippen LogP) is 6.90. The van der Waals surface area contributed by atoms with Crippen molar-refractivity contribution < 1.29 is 9.84 Å². The second kappa shape index (κ2) is 19.6. The number of aliphatic hydroxyl groups excluding tert-OH is 1. The summed E-state index contributed by atoms with van der Waals surface area (Å²) in [5, 5.41) is 9.75. The molecule has 0 radical (unpaired) electrons. The molecule has 0 fully saturated rings. The second-order valence-corrected chi connectivity index (χ2v) is 7.74. The van der Waals surface area contributed by atoms with Gasteiger partial charge < -0.3 is 9.84 Å². The summed E-state index contributed by atoms with van der Waals surface area (Å²) in [5.74, 6) is 0. The standard InChI is InChI=1S/C21H44O2S/c1-3-5-7-9-11-13-15-17-19-23-20(21(22)24)18-16-14-12-10-8-6-4-2/h20-22,24H,3-19H2,1-2H3. The molecule has 0 bridgehead atoms. The van der Waals surface area contributed by atoms with Gasteiger partial charge >= 0.3 is 0 Å². The first kappa shape index (κ1) is 24.3. The molecule has 1 N–H and O–H groups in total. The Morgan fingerprint density at radius 2 is 1.08 bits per heavy atom. The van der Waals surface area contributed by atoms with E-state index in [1.807, 2.05) is 0 Å². The monoisotopic (exact) mass is 360 g/mol. The lowest BCUT2D eigenvalue weighted by molar-refractivity contribution is -0.00796. The summed E-state index contributed by atoms with van der Waals surface area (Å²) in [7, 11) is 0. The van der Waals surface area contributed by atoms with Crippen molar-refractivity contribution in [1.82, 2.24) is 0 Å². The van der Waals surface area contributed by atoms with Crippen LogP contribution in [-0.2, 0) is 4.74 Å². The molecule has 0 rings (SSSR count). The third-order valence-corrected chi connectivity index (χ3v) is 5.09. The Kier molecular flexibility index (Phi) is 19.8. The van der Waals surface area contributed by atoms with E-state index in [9.17, 15) is 5.11 Å². The molecule has 0 heterocycles. The molecule has 0 aromatic carbocycles. The van der Waals surface area contributed by atoms with Crippen molar-refractivity contribution in [2.75, 3.05) is 6.61 Å². The minimum Gasteiger partial charge on any atom is -0.380 e. The first-order chi connectivity index (χ1) is 11.7. The first-order valence-electron chi connectivity index (χ1n) is 10.7. The summed E-state index contributed by atoms with van der Waals surface area (Å²) in [6, 6.07) is 0. The maximum atomic E-state index is 9.75. The number of ether oxygens (including phenoxy) is 1. The van der Waals surface area contributed by atoms with Gasteiger partial charge in [-0.15, -0.1) is 12.6 Å². The number of aliphatic hydroxyl groups is 1. The van der Waals surface area contributed by atoms with Crippen molar-refractivity contribution in [1.29, 1.82) is 0 Å². The van der Waals surface area contributed by atoms with Crippen LogP contribution in [0.4, 0.5) is 0 Å². The molecule has 0 aliphatic heterocycles. The van der Waals surface area contributed by atoms with Crippen LogP contribution in [0, 0.1) is 0 Å². The van der Waals surface area contributed by atoms with Gasteiger partial charge in [0.15, 0.2) is 0 Å². The van der Waals surface area contributed by atoms with Crippen molar-refractivity contribution in [2.45, 2.75) is 128 Å². The number of unbranched alkanes of at least 4 members (excludes halogenated alkanes) is 13.